The first-order chi connectivity index (χ1) is 18.4. The van der Waals surface area contributed by atoms with Gasteiger partial charge >= 0.3 is 215 Å². The maximum atomic E-state index is 10.4. The third-order valence-corrected chi connectivity index (χ3v) is 4.29. The van der Waals surface area contributed by atoms with Crippen LogP contribution >= 0.6 is 0 Å². The van der Waals surface area contributed by atoms with Crippen LogP contribution in [0.3, 0.4) is 0 Å². The molecule has 0 bridgehead atoms. The molecule has 0 aliphatic rings. The van der Waals surface area contributed by atoms with E-state index in [1.807, 2.05) is 0 Å². The summed E-state index contributed by atoms with van der Waals surface area (Å²) >= 11 is 0. The molecule has 27 heteroatoms. The second-order valence-corrected chi connectivity index (χ2v) is 7.82. The molecule has 228 valence electrons. The Bertz CT molecular complexity index is 736. The molecule has 0 aromatic rings. The zero-order chi connectivity index (χ0) is 31.4. The minimum atomic E-state index is -1.53. The zero-order valence-electron chi connectivity index (χ0n) is 27.5. The first-order valence-electron chi connectivity index (χ1n) is 10.9. The Balaban J connectivity index is -0.0000000764. The smallest absolute Gasteiger partial charge is 0.549 e. The largest absolute Gasteiger partial charge is 2.00 e. The minimum Gasteiger partial charge on any atom is -0.549 e. The van der Waals surface area contributed by atoms with Gasteiger partial charge in [-0.3, -0.25) is 19.6 Å². The van der Waals surface area contributed by atoms with Crippen LogP contribution in [0.5, 0.6) is 0 Å². The number of hydrogen-bond donors (Lipinski definition) is 0. The Morgan fingerprint density at radius 3 is 0.426 bits per heavy atom. The average molecular weight is 754 g/mol. The summed E-state index contributed by atoms with van der Waals surface area (Å²) in [6, 6.07) is 0. The second-order valence-electron chi connectivity index (χ2n) is 7.82. The molecular weight excluding hydrogens is 730 g/mol. The number of hydrogen-bond acceptors (Lipinski definition) is 20. The summed E-state index contributed by atoms with van der Waals surface area (Å²) < 4.78 is 0. The molecular formula is C20H24CaN4Na6O16. The molecule has 0 aliphatic heterocycles. The number of carbonyl (C=O) groups is 8. The van der Waals surface area contributed by atoms with Crippen LogP contribution in [0, 0.1) is 0 Å². The summed E-state index contributed by atoms with van der Waals surface area (Å²) in [7, 11) is 0. The topological polar surface area (TPSA) is 334 Å². The Morgan fingerprint density at radius 2 is 0.362 bits per heavy atom. The van der Waals surface area contributed by atoms with Crippen molar-refractivity contribution in [2.24, 2.45) is 0 Å². The Morgan fingerprint density at radius 1 is 0.277 bits per heavy atom. The zero-order valence-corrected chi connectivity index (χ0v) is 41.7. The minimum absolute atomic E-state index is 0. The molecule has 0 N–H and O–H groups in total. The number of nitrogens with zero attached hydrogens (tertiary/aromatic N) is 4. The molecule has 0 fully saturated rings. The molecule has 0 amide bonds. The summed E-state index contributed by atoms with van der Waals surface area (Å²) in [6.07, 6.45) is 0. The summed E-state index contributed by atoms with van der Waals surface area (Å²) in [4.78, 5) is 86.8. The molecule has 0 unspecified atom stereocenters. The monoisotopic (exact) mass is 754 g/mol. The Kier molecular flexibility index (Phi) is 65.6. The quantitative estimate of drug-likeness (QED) is 0.0926. The Labute approximate surface area is 432 Å². The van der Waals surface area contributed by atoms with Crippen molar-refractivity contribution in [2.45, 2.75) is 0 Å². The van der Waals surface area contributed by atoms with Crippen molar-refractivity contribution in [1.82, 2.24) is 19.6 Å². The van der Waals surface area contributed by atoms with E-state index in [4.69, 9.17) is 0 Å². The standard InChI is InChI=1S/2C10H16N2O8.Ca.6Na/c2*13-7(14)3-11(4-8(15)16)1-2-12(5-9(17)18)6-10(19)20;;;;;;;/h2*1-6H2,(H,13,14)(H,15,16)(H,17,18)(H,19,20);;;;;;;/q;;+2;6*+1/p-8. The van der Waals surface area contributed by atoms with Crippen LogP contribution in [0.15, 0.2) is 0 Å². The molecule has 0 aromatic carbocycles. The van der Waals surface area contributed by atoms with Crippen LogP contribution in [0.2, 0.25) is 0 Å². The van der Waals surface area contributed by atoms with Gasteiger partial charge in [-0.05, 0) is 0 Å². The Hall–Kier alpha value is 2.86. The van der Waals surface area contributed by atoms with Crippen LogP contribution in [-0.2, 0) is 38.4 Å². The SMILES string of the molecule is O=C([O-])CN(CCN(CC(=O)[O-])CC(=O)[O-])CC(=O)[O-].O=C([O-])CN(CCN(CC(=O)[O-])CC(=O)[O-])CC(=O)[O-].[Ca+2].[Na+].[Na+].[Na+].[Na+].[Na+].[Na+]. The van der Waals surface area contributed by atoms with E-state index in [0.29, 0.717) is 0 Å². The van der Waals surface area contributed by atoms with E-state index in [1.54, 1.807) is 0 Å². The summed E-state index contributed by atoms with van der Waals surface area (Å²) in [5, 5.41) is 83.2. The first kappa shape index (κ1) is 71.3. The van der Waals surface area contributed by atoms with Crippen molar-refractivity contribution >= 4 is 85.5 Å². The van der Waals surface area contributed by atoms with Gasteiger partial charge in [-0.25, -0.2) is 0 Å². The predicted octanol–water partition coefficient (Wildman–Crippen LogP) is -33.2. The van der Waals surface area contributed by atoms with Gasteiger partial charge in [-0.2, -0.15) is 0 Å². The molecule has 47 heavy (non-hydrogen) atoms. The van der Waals surface area contributed by atoms with Gasteiger partial charge in [0.1, 0.15) is 0 Å². The van der Waals surface area contributed by atoms with Crippen LogP contribution in [0.4, 0.5) is 0 Å². The molecule has 0 spiro atoms. The molecule has 0 saturated heterocycles. The number of rotatable bonds is 22. The fourth-order valence-electron chi connectivity index (χ4n) is 2.88. The molecule has 0 heterocycles. The van der Waals surface area contributed by atoms with Crippen molar-refractivity contribution in [3.05, 3.63) is 0 Å². The number of carbonyl (C=O) groups excluding carboxylic acids is 8. The predicted molar refractivity (Wildman–Crippen MR) is 112 cm³/mol. The number of aliphatic carboxylic acids is 8. The van der Waals surface area contributed by atoms with E-state index in [0.717, 1.165) is 19.6 Å². The normalized spacial score (nSPS) is 9.11. The fourth-order valence-corrected chi connectivity index (χ4v) is 2.88. The molecule has 0 aromatic heterocycles. The van der Waals surface area contributed by atoms with Gasteiger partial charge in [0.15, 0.2) is 0 Å². The van der Waals surface area contributed by atoms with E-state index < -0.39 is 100 Å². The van der Waals surface area contributed by atoms with Crippen LogP contribution in [0.25, 0.3) is 0 Å². The molecule has 0 rings (SSSR count). The third kappa shape index (κ3) is 53.3. The fraction of sp³-hybridized carbons (Fsp3) is 0.600. The van der Waals surface area contributed by atoms with Gasteiger partial charge in [0.25, 0.3) is 0 Å². The van der Waals surface area contributed by atoms with Crippen molar-refractivity contribution in [1.29, 1.82) is 0 Å². The molecule has 0 aliphatic carbocycles. The molecule has 0 radical (unpaired) electrons. The van der Waals surface area contributed by atoms with E-state index in [1.165, 1.54) is 0 Å². The second kappa shape index (κ2) is 43.3. The van der Waals surface area contributed by atoms with E-state index in [-0.39, 0.29) is 241 Å². The van der Waals surface area contributed by atoms with E-state index >= 15 is 0 Å². The van der Waals surface area contributed by atoms with Gasteiger partial charge in [0.05, 0.1) is 47.8 Å². The van der Waals surface area contributed by atoms with Crippen molar-refractivity contribution in [2.75, 3.05) is 78.5 Å². The first-order valence-corrected chi connectivity index (χ1v) is 10.9. The van der Waals surface area contributed by atoms with Crippen molar-refractivity contribution in [3.8, 4) is 0 Å². The summed E-state index contributed by atoms with van der Waals surface area (Å²) in [5.74, 6) is -12.2. The van der Waals surface area contributed by atoms with Gasteiger partial charge in [0, 0.05) is 78.5 Å². The third-order valence-electron chi connectivity index (χ3n) is 4.29. The van der Waals surface area contributed by atoms with E-state index in [2.05, 4.69) is 0 Å². The van der Waals surface area contributed by atoms with E-state index in [9.17, 15) is 79.2 Å². The number of carboxylic acid groups (broad SMARTS) is 8. The van der Waals surface area contributed by atoms with Crippen LogP contribution in [0.1, 0.15) is 0 Å². The maximum Gasteiger partial charge on any atom is 2.00 e. The molecule has 0 atom stereocenters. The van der Waals surface area contributed by atoms with Gasteiger partial charge < -0.3 is 79.2 Å². The van der Waals surface area contributed by atoms with Crippen molar-refractivity contribution < 1.29 is 257 Å². The van der Waals surface area contributed by atoms with Gasteiger partial charge in [-0.15, -0.1) is 0 Å². The summed E-state index contributed by atoms with van der Waals surface area (Å²) in [5.41, 5.74) is 0. The maximum absolute atomic E-state index is 10.4. The van der Waals surface area contributed by atoms with Crippen LogP contribution < -0.4 is 218 Å². The summed E-state index contributed by atoms with van der Waals surface area (Å²) in [6.45, 7) is -6.50. The van der Waals surface area contributed by atoms with Gasteiger partial charge in [-0.1, -0.05) is 0 Å². The van der Waals surface area contributed by atoms with Crippen LogP contribution in [-0.4, -0.2) is 184 Å². The average Bonchev–Trinajstić information content (AvgIpc) is 2.72. The molecule has 20 nitrogen and oxygen atoms in total. The molecule has 0 saturated carbocycles. The number of carboxylic acids is 8. The van der Waals surface area contributed by atoms with Gasteiger partial charge in [0.2, 0.25) is 0 Å². The van der Waals surface area contributed by atoms with Crippen molar-refractivity contribution in [3.63, 3.8) is 0 Å².